The van der Waals surface area contributed by atoms with Crippen molar-refractivity contribution in [3.63, 3.8) is 0 Å². The maximum atomic E-state index is 13.0. The summed E-state index contributed by atoms with van der Waals surface area (Å²) in [5.41, 5.74) is 0.0163. The SMILES string of the molecule is C=CC(=O)N1CCN(c2nccnc2-c2cccc(C(F)(F)F)c2)CC1. The average Bonchev–Trinajstić information content (AvgIpc) is 2.67. The molecule has 0 radical (unpaired) electrons. The lowest BCUT2D eigenvalue weighted by Gasteiger charge is -2.35. The van der Waals surface area contributed by atoms with Gasteiger partial charge in [0.15, 0.2) is 5.82 Å². The lowest BCUT2D eigenvalue weighted by Crippen LogP contribution is -2.48. The Hall–Kier alpha value is -2.90. The monoisotopic (exact) mass is 362 g/mol. The normalized spacial score (nSPS) is 15.0. The number of nitrogens with zero attached hydrogens (tertiary/aromatic N) is 4. The average molecular weight is 362 g/mol. The fourth-order valence-corrected chi connectivity index (χ4v) is 2.88. The highest BCUT2D eigenvalue weighted by atomic mass is 19.4. The zero-order valence-corrected chi connectivity index (χ0v) is 13.9. The van der Waals surface area contributed by atoms with E-state index in [1.807, 2.05) is 4.90 Å². The molecule has 1 saturated heterocycles. The molecule has 0 saturated carbocycles. The smallest absolute Gasteiger partial charge is 0.351 e. The first-order chi connectivity index (χ1) is 12.4. The van der Waals surface area contributed by atoms with Gasteiger partial charge in [-0.2, -0.15) is 13.2 Å². The second kappa shape index (κ2) is 7.15. The summed E-state index contributed by atoms with van der Waals surface area (Å²) in [5.74, 6) is 0.374. The summed E-state index contributed by atoms with van der Waals surface area (Å²) in [7, 11) is 0. The van der Waals surface area contributed by atoms with E-state index in [2.05, 4.69) is 16.5 Å². The zero-order valence-electron chi connectivity index (χ0n) is 13.9. The minimum atomic E-state index is -4.42. The number of rotatable bonds is 3. The number of aromatic nitrogens is 2. The highest BCUT2D eigenvalue weighted by molar-refractivity contribution is 5.87. The molecule has 2 aromatic rings. The van der Waals surface area contributed by atoms with Crippen LogP contribution in [0.5, 0.6) is 0 Å². The molecule has 1 aliphatic heterocycles. The van der Waals surface area contributed by atoms with Gasteiger partial charge in [0, 0.05) is 44.1 Å². The highest BCUT2D eigenvalue weighted by Crippen LogP contribution is 2.34. The number of carbonyl (C=O) groups excluding carboxylic acids is 1. The van der Waals surface area contributed by atoms with Gasteiger partial charge in [0.1, 0.15) is 5.69 Å². The van der Waals surface area contributed by atoms with Crippen LogP contribution in [0.15, 0.2) is 49.3 Å². The number of piperazine rings is 1. The summed E-state index contributed by atoms with van der Waals surface area (Å²) in [6.07, 6.45) is -0.189. The minimum absolute atomic E-state index is 0.137. The van der Waals surface area contributed by atoms with Gasteiger partial charge in [-0.25, -0.2) is 4.98 Å². The van der Waals surface area contributed by atoms with Gasteiger partial charge in [-0.15, -0.1) is 0 Å². The van der Waals surface area contributed by atoms with E-state index in [0.29, 0.717) is 43.3 Å². The van der Waals surface area contributed by atoms with Gasteiger partial charge in [0.2, 0.25) is 5.91 Å². The van der Waals surface area contributed by atoms with Crippen molar-refractivity contribution in [2.24, 2.45) is 0 Å². The van der Waals surface area contributed by atoms with E-state index < -0.39 is 11.7 Å². The van der Waals surface area contributed by atoms with Crippen LogP contribution in [0.1, 0.15) is 5.56 Å². The van der Waals surface area contributed by atoms with Gasteiger partial charge in [0.05, 0.1) is 5.56 Å². The predicted octanol–water partition coefficient (Wildman–Crippen LogP) is 3.00. The van der Waals surface area contributed by atoms with Crippen molar-refractivity contribution in [1.82, 2.24) is 14.9 Å². The summed E-state index contributed by atoms with van der Waals surface area (Å²) in [5, 5.41) is 0. The molecule has 0 spiro atoms. The molecular weight excluding hydrogens is 345 g/mol. The van der Waals surface area contributed by atoms with Gasteiger partial charge in [0.25, 0.3) is 0 Å². The first-order valence-electron chi connectivity index (χ1n) is 8.05. The Labute approximate surface area is 148 Å². The van der Waals surface area contributed by atoms with E-state index in [-0.39, 0.29) is 5.91 Å². The van der Waals surface area contributed by atoms with Crippen LogP contribution in [0.2, 0.25) is 0 Å². The van der Waals surface area contributed by atoms with E-state index in [1.165, 1.54) is 24.5 Å². The van der Waals surface area contributed by atoms with Gasteiger partial charge in [-0.3, -0.25) is 9.78 Å². The molecule has 0 bridgehead atoms. The van der Waals surface area contributed by atoms with Crippen molar-refractivity contribution in [1.29, 1.82) is 0 Å². The van der Waals surface area contributed by atoms with Crippen molar-refractivity contribution in [3.05, 3.63) is 54.9 Å². The molecule has 3 rings (SSSR count). The molecule has 0 aliphatic carbocycles. The zero-order chi connectivity index (χ0) is 18.7. The molecule has 0 atom stereocenters. The molecular formula is C18H17F3N4O. The van der Waals surface area contributed by atoms with E-state index in [1.54, 1.807) is 11.0 Å². The Bertz CT molecular complexity index is 814. The molecule has 1 amide bonds. The van der Waals surface area contributed by atoms with Crippen molar-refractivity contribution in [2.75, 3.05) is 31.1 Å². The number of hydrogen-bond acceptors (Lipinski definition) is 4. The van der Waals surface area contributed by atoms with Crippen LogP contribution in [0.25, 0.3) is 11.3 Å². The number of anilines is 1. The van der Waals surface area contributed by atoms with Crippen molar-refractivity contribution in [2.45, 2.75) is 6.18 Å². The summed E-state index contributed by atoms with van der Waals surface area (Å²) in [4.78, 5) is 23.8. The summed E-state index contributed by atoms with van der Waals surface area (Å²) >= 11 is 0. The minimum Gasteiger partial charge on any atom is -0.351 e. The van der Waals surface area contributed by atoms with Crippen LogP contribution in [0, 0.1) is 0 Å². The number of halogens is 3. The van der Waals surface area contributed by atoms with Crippen molar-refractivity contribution in [3.8, 4) is 11.3 Å². The summed E-state index contributed by atoms with van der Waals surface area (Å²) in [6, 6.07) is 5.04. The fourth-order valence-electron chi connectivity index (χ4n) is 2.88. The Morgan fingerprint density at radius 1 is 1.12 bits per heavy atom. The van der Waals surface area contributed by atoms with Crippen molar-refractivity contribution < 1.29 is 18.0 Å². The van der Waals surface area contributed by atoms with Crippen LogP contribution in [0.4, 0.5) is 19.0 Å². The van der Waals surface area contributed by atoms with Crippen LogP contribution >= 0.6 is 0 Å². The third-order valence-electron chi connectivity index (χ3n) is 4.21. The van der Waals surface area contributed by atoms with E-state index in [0.717, 1.165) is 12.1 Å². The van der Waals surface area contributed by atoms with E-state index >= 15 is 0 Å². The maximum absolute atomic E-state index is 13.0. The van der Waals surface area contributed by atoms with Crippen LogP contribution in [0.3, 0.4) is 0 Å². The standard InChI is InChI=1S/C18H17F3N4O/c1-2-15(26)24-8-10-25(11-9-24)17-16(22-6-7-23-17)13-4-3-5-14(12-13)18(19,20)21/h2-7,12H,1,8-11H2. The maximum Gasteiger partial charge on any atom is 0.416 e. The molecule has 0 unspecified atom stereocenters. The van der Waals surface area contributed by atoms with Gasteiger partial charge < -0.3 is 9.80 Å². The van der Waals surface area contributed by atoms with Gasteiger partial charge in [-0.1, -0.05) is 18.7 Å². The Morgan fingerprint density at radius 2 is 1.81 bits per heavy atom. The lowest BCUT2D eigenvalue weighted by atomic mass is 10.1. The Kier molecular flexibility index (Phi) is 4.92. The third kappa shape index (κ3) is 3.68. The number of hydrogen-bond donors (Lipinski definition) is 0. The lowest BCUT2D eigenvalue weighted by molar-refractivity contribution is -0.137. The number of alkyl halides is 3. The second-order valence-corrected chi connectivity index (χ2v) is 5.82. The number of benzene rings is 1. The van der Waals surface area contributed by atoms with Crippen LogP contribution in [-0.2, 0) is 11.0 Å². The molecule has 136 valence electrons. The van der Waals surface area contributed by atoms with E-state index in [4.69, 9.17) is 0 Å². The molecule has 26 heavy (non-hydrogen) atoms. The number of carbonyl (C=O) groups is 1. The molecule has 1 aliphatic rings. The topological polar surface area (TPSA) is 49.3 Å². The predicted molar refractivity (Wildman–Crippen MR) is 91.5 cm³/mol. The molecule has 1 aromatic heterocycles. The largest absolute Gasteiger partial charge is 0.416 e. The van der Waals surface area contributed by atoms with E-state index in [9.17, 15) is 18.0 Å². The molecule has 0 N–H and O–H groups in total. The summed E-state index contributed by atoms with van der Waals surface area (Å²) < 4.78 is 39.0. The van der Waals surface area contributed by atoms with Gasteiger partial charge in [-0.05, 0) is 18.2 Å². The molecule has 1 aromatic carbocycles. The molecule has 1 fully saturated rings. The molecule has 2 heterocycles. The number of amides is 1. The second-order valence-electron chi connectivity index (χ2n) is 5.82. The first-order valence-corrected chi connectivity index (χ1v) is 8.05. The Balaban J connectivity index is 1.88. The van der Waals surface area contributed by atoms with Crippen LogP contribution < -0.4 is 4.90 Å². The first kappa shape index (κ1) is 17.9. The van der Waals surface area contributed by atoms with Gasteiger partial charge >= 0.3 is 6.18 Å². The fraction of sp³-hybridized carbons (Fsp3) is 0.278. The van der Waals surface area contributed by atoms with Crippen LogP contribution in [-0.4, -0.2) is 47.0 Å². The summed E-state index contributed by atoms with van der Waals surface area (Å²) in [6.45, 7) is 5.49. The quantitative estimate of drug-likeness (QED) is 0.788. The van der Waals surface area contributed by atoms with Crippen molar-refractivity contribution >= 4 is 11.7 Å². The molecule has 5 nitrogen and oxygen atoms in total. The molecule has 8 heteroatoms. The third-order valence-corrected chi connectivity index (χ3v) is 4.21. The Morgan fingerprint density at radius 3 is 2.46 bits per heavy atom. The highest BCUT2D eigenvalue weighted by Gasteiger charge is 2.31.